The Balaban J connectivity index is 1.84. The molecule has 0 spiro atoms. The molecule has 0 unspecified atom stereocenters. The highest BCUT2D eigenvalue weighted by Gasteiger charge is 2.44. The van der Waals surface area contributed by atoms with Crippen molar-refractivity contribution in [3.05, 3.63) is 29.8 Å². The van der Waals surface area contributed by atoms with E-state index in [1.54, 1.807) is 11.8 Å². The van der Waals surface area contributed by atoms with E-state index >= 15 is 0 Å². The van der Waals surface area contributed by atoms with Crippen LogP contribution >= 0.6 is 11.8 Å². The van der Waals surface area contributed by atoms with Gasteiger partial charge in [0.2, 0.25) is 0 Å². The van der Waals surface area contributed by atoms with Gasteiger partial charge in [-0.1, -0.05) is 26.0 Å². The third-order valence-electron chi connectivity index (χ3n) is 5.89. The van der Waals surface area contributed by atoms with Crippen LogP contribution in [0.3, 0.4) is 0 Å². The van der Waals surface area contributed by atoms with Gasteiger partial charge < -0.3 is 4.90 Å². The number of benzene rings is 1. The summed E-state index contributed by atoms with van der Waals surface area (Å²) in [5, 5.41) is 0. The second-order valence-corrected chi connectivity index (χ2v) is 10.5. The minimum Gasteiger partial charge on any atom is -0.334 e. The number of hydrogen-bond donors (Lipinski definition) is 0. The van der Waals surface area contributed by atoms with Gasteiger partial charge in [-0.25, -0.2) is 0 Å². The normalized spacial score (nSPS) is 22.4. The number of nitrogens with zero attached hydrogens (tertiary/aromatic N) is 2. The van der Waals surface area contributed by atoms with Crippen molar-refractivity contribution in [3.63, 3.8) is 0 Å². The maximum absolute atomic E-state index is 13.6. The van der Waals surface area contributed by atoms with E-state index in [-0.39, 0.29) is 11.4 Å². The lowest BCUT2D eigenvalue weighted by Crippen LogP contribution is -2.47. The molecule has 144 valence electrons. The van der Waals surface area contributed by atoms with Crippen LogP contribution < -0.4 is 0 Å². The van der Waals surface area contributed by atoms with Crippen molar-refractivity contribution in [1.82, 2.24) is 9.80 Å². The van der Waals surface area contributed by atoms with Crippen LogP contribution in [-0.4, -0.2) is 52.7 Å². The summed E-state index contributed by atoms with van der Waals surface area (Å²) >= 11 is 1.77. The molecule has 0 N–H and O–H groups in total. The first-order valence-electron chi connectivity index (χ1n) is 10.0. The number of rotatable bonds is 6. The predicted molar refractivity (Wildman–Crippen MR) is 111 cm³/mol. The lowest BCUT2D eigenvalue weighted by Gasteiger charge is -2.35. The van der Waals surface area contributed by atoms with E-state index in [1.165, 1.54) is 12.8 Å². The van der Waals surface area contributed by atoms with Crippen molar-refractivity contribution in [2.24, 2.45) is 5.41 Å². The molecular weight excluding hydrogens is 340 g/mol. The summed E-state index contributed by atoms with van der Waals surface area (Å²) in [5.74, 6) is 1.22. The van der Waals surface area contributed by atoms with Gasteiger partial charge in [0.25, 0.3) is 5.91 Å². The van der Waals surface area contributed by atoms with E-state index < -0.39 is 0 Å². The first-order chi connectivity index (χ1) is 12.2. The van der Waals surface area contributed by atoms with Gasteiger partial charge in [0.05, 0.1) is 5.56 Å². The van der Waals surface area contributed by atoms with Crippen molar-refractivity contribution < 1.29 is 4.79 Å². The van der Waals surface area contributed by atoms with E-state index in [4.69, 9.17) is 0 Å². The number of likely N-dealkylation sites (tertiary alicyclic amines) is 1. The van der Waals surface area contributed by atoms with Gasteiger partial charge in [0.1, 0.15) is 0 Å². The Kier molecular flexibility index (Phi) is 5.74. The van der Waals surface area contributed by atoms with E-state index in [0.717, 1.165) is 42.3 Å². The molecule has 1 amide bonds. The summed E-state index contributed by atoms with van der Waals surface area (Å²) in [5.41, 5.74) is 1.39. The second-order valence-electron chi connectivity index (χ2n) is 9.23. The number of hydrogen-bond acceptors (Lipinski definition) is 3. The van der Waals surface area contributed by atoms with Gasteiger partial charge in [0.15, 0.2) is 0 Å². The Morgan fingerprint density at radius 2 is 2.00 bits per heavy atom. The summed E-state index contributed by atoms with van der Waals surface area (Å²) < 4.78 is 0. The standard InChI is InChI=1S/C22H34N2OS/c1-6-26-19-10-8-7-9-18(19)20(25)24(16-22(5)12-13-22)17-11-14-23(15-17)21(2,3)4/h7-10,17H,6,11-16H2,1-5H3/t17-/m0/s1. The second kappa shape index (κ2) is 7.55. The van der Waals surface area contributed by atoms with Crippen LogP contribution in [0.2, 0.25) is 0 Å². The molecule has 3 nitrogen and oxygen atoms in total. The van der Waals surface area contributed by atoms with Gasteiger partial charge in [0, 0.05) is 36.1 Å². The Labute approximate surface area is 163 Å². The van der Waals surface area contributed by atoms with Crippen molar-refractivity contribution in [1.29, 1.82) is 0 Å². The lowest BCUT2D eigenvalue weighted by atomic mass is 10.0. The molecule has 2 aliphatic rings. The van der Waals surface area contributed by atoms with Crippen LogP contribution in [0.1, 0.15) is 64.2 Å². The Morgan fingerprint density at radius 3 is 2.58 bits per heavy atom. The molecule has 1 aliphatic carbocycles. The molecule has 0 radical (unpaired) electrons. The highest BCUT2D eigenvalue weighted by molar-refractivity contribution is 7.99. The summed E-state index contributed by atoms with van der Waals surface area (Å²) in [6.45, 7) is 14.3. The van der Waals surface area contributed by atoms with Crippen molar-refractivity contribution in [2.75, 3.05) is 25.4 Å². The minimum absolute atomic E-state index is 0.170. The molecule has 3 rings (SSSR count). The maximum Gasteiger partial charge on any atom is 0.255 e. The summed E-state index contributed by atoms with van der Waals surface area (Å²) in [7, 11) is 0. The summed E-state index contributed by atoms with van der Waals surface area (Å²) in [6.07, 6.45) is 3.58. The van der Waals surface area contributed by atoms with Gasteiger partial charge in [-0.05, 0) is 63.3 Å². The molecule has 26 heavy (non-hydrogen) atoms. The molecule has 1 atom stereocenters. The molecule has 0 bridgehead atoms. The number of thioether (sulfide) groups is 1. The summed E-state index contributed by atoms with van der Waals surface area (Å²) in [4.78, 5) is 19.4. The fourth-order valence-electron chi connectivity index (χ4n) is 3.83. The third kappa shape index (κ3) is 4.45. The van der Waals surface area contributed by atoms with Gasteiger partial charge >= 0.3 is 0 Å². The highest BCUT2D eigenvalue weighted by atomic mass is 32.2. The Morgan fingerprint density at radius 1 is 1.31 bits per heavy atom. The number of carbonyl (C=O) groups excluding carboxylic acids is 1. The SMILES string of the molecule is CCSc1ccccc1C(=O)N(CC1(C)CC1)[C@H]1CCN(C(C)(C)C)C1. The molecule has 1 saturated heterocycles. The first kappa shape index (κ1) is 19.8. The molecule has 0 aromatic heterocycles. The quantitative estimate of drug-likeness (QED) is 0.661. The smallest absolute Gasteiger partial charge is 0.255 e. The van der Waals surface area contributed by atoms with Crippen LogP contribution in [0, 0.1) is 5.41 Å². The van der Waals surface area contributed by atoms with Gasteiger partial charge in [-0.3, -0.25) is 9.69 Å². The molecule has 4 heteroatoms. The molecular formula is C22H34N2OS. The van der Waals surface area contributed by atoms with Crippen LogP contribution in [0.5, 0.6) is 0 Å². The zero-order valence-corrected chi connectivity index (χ0v) is 17.9. The fourth-order valence-corrected chi connectivity index (χ4v) is 4.63. The Bertz CT molecular complexity index is 648. The predicted octanol–water partition coefficient (Wildman–Crippen LogP) is 4.91. The largest absolute Gasteiger partial charge is 0.334 e. The molecule has 2 fully saturated rings. The summed E-state index contributed by atoms with van der Waals surface area (Å²) in [6, 6.07) is 8.48. The van der Waals surface area contributed by atoms with Crippen molar-refractivity contribution in [3.8, 4) is 0 Å². The van der Waals surface area contributed by atoms with Crippen LogP contribution in [0.25, 0.3) is 0 Å². The third-order valence-corrected chi connectivity index (χ3v) is 6.84. The molecule has 1 aliphatic heterocycles. The molecule has 1 aromatic carbocycles. The number of amides is 1. The van der Waals surface area contributed by atoms with Gasteiger partial charge in [-0.15, -0.1) is 11.8 Å². The average molecular weight is 375 g/mol. The monoisotopic (exact) mass is 374 g/mol. The zero-order valence-electron chi connectivity index (χ0n) is 17.0. The van der Waals surface area contributed by atoms with E-state index in [1.807, 2.05) is 18.2 Å². The van der Waals surface area contributed by atoms with E-state index in [2.05, 4.69) is 50.5 Å². The fraction of sp³-hybridized carbons (Fsp3) is 0.682. The first-order valence-corrected chi connectivity index (χ1v) is 11.0. The maximum atomic E-state index is 13.6. The van der Waals surface area contributed by atoms with Crippen molar-refractivity contribution >= 4 is 17.7 Å². The van der Waals surface area contributed by atoms with Crippen LogP contribution in [-0.2, 0) is 0 Å². The van der Waals surface area contributed by atoms with Crippen molar-refractivity contribution in [2.45, 2.75) is 70.4 Å². The van der Waals surface area contributed by atoms with Crippen LogP contribution in [0.4, 0.5) is 0 Å². The zero-order chi connectivity index (χ0) is 18.9. The van der Waals surface area contributed by atoms with Gasteiger partial charge in [-0.2, -0.15) is 0 Å². The molecule has 1 aromatic rings. The highest BCUT2D eigenvalue weighted by Crippen LogP contribution is 2.46. The van der Waals surface area contributed by atoms with E-state index in [0.29, 0.717) is 11.5 Å². The van der Waals surface area contributed by atoms with Crippen LogP contribution in [0.15, 0.2) is 29.2 Å². The topological polar surface area (TPSA) is 23.6 Å². The number of carbonyl (C=O) groups is 1. The lowest BCUT2D eigenvalue weighted by molar-refractivity contribution is 0.0617. The average Bonchev–Trinajstić information content (AvgIpc) is 3.10. The molecule has 1 saturated carbocycles. The Hall–Kier alpha value is -1.00. The van der Waals surface area contributed by atoms with E-state index in [9.17, 15) is 4.79 Å². The molecule has 1 heterocycles. The minimum atomic E-state index is 0.170.